The van der Waals surface area contributed by atoms with Crippen LogP contribution in [0.3, 0.4) is 0 Å². The van der Waals surface area contributed by atoms with Crippen LogP contribution in [-0.4, -0.2) is 30.4 Å². The summed E-state index contributed by atoms with van der Waals surface area (Å²) >= 11 is 0. The molecule has 6 nitrogen and oxygen atoms in total. The minimum Gasteiger partial charge on any atom is -0.512 e. The van der Waals surface area contributed by atoms with Crippen molar-refractivity contribution in [3.63, 3.8) is 0 Å². The van der Waals surface area contributed by atoms with Crippen molar-refractivity contribution < 1.29 is 24.2 Å². The van der Waals surface area contributed by atoms with Gasteiger partial charge in [-0.2, -0.15) is 0 Å². The molecule has 1 aliphatic heterocycles. The summed E-state index contributed by atoms with van der Waals surface area (Å²) in [6.45, 7) is 0.426. The second kappa shape index (κ2) is 6.36. The van der Waals surface area contributed by atoms with Crippen molar-refractivity contribution in [3.8, 4) is 11.5 Å². The maximum atomic E-state index is 12.9. The van der Waals surface area contributed by atoms with E-state index in [9.17, 15) is 4.79 Å². The summed E-state index contributed by atoms with van der Waals surface area (Å²) < 4.78 is 10.2. The Hall–Kier alpha value is -3.03. The molecule has 0 saturated heterocycles. The van der Waals surface area contributed by atoms with Crippen molar-refractivity contribution in [3.05, 3.63) is 65.7 Å². The van der Waals surface area contributed by atoms with Crippen LogP contribution in [0.5, 0.6) is 11.5 Å². The number of ether oxygens (including phenoxy) is 1. The fourth-order valence-corrected chi connectivity index (χ4v) is 3.31. The summed E-state index contributed by atoms with van der Waals surface area (Å²) in [5.74, 6) is 0.985. The molecule has 7 heteroatoms. The molecule has 1 heterocycles. The van der Waals surface area contributed by atoms with Gasteiger partial charge in [0.1, 0.15) is 11.5 Å². The van der Waals surface area contributed by atoms with Crippen molar-refractivity contribution in [2.75, 3.05) is 12.0 Å². The first-order valence-electron chi connectivity index (χ1n) is 8.12. The zero-order valence-corrected chi connectivity index (χ0v) is 14.0. The molecule has 0 aliphatic carbocycles. The molecule has 2 N–H and O–H groups in total. The standard InChI is InChI=1S/C19H16BNO5/c1-25-13-7-5-12(6-8-13)11-21-16-9-10-17(26-20(23)24)14-3-2-4-15(18(14)16)19(21)22/h2-10,23-24H,11H2,1H3. The van der Waals surface area contributed by atoms with Gasteiger partial charge in [0.2, 0.25) is 0 Å². The lowest BCUT2D eigenvalue weighted by atomic mass is 10.0. The molecule has 0 aromatic heterocycles. The molecule has 1 amide bonds. The summed E-state index contributed by atoms with van der Waals surface area (Å²) in [6.07, 6.45) is 0. The normalized spacial score (nSPS) is 12.6. The van der Waals surface area contributed by atoms with E-state index in [1.165, 1.54) is 0 Å². The molecule has 3 aromatic carbocycles. The summed E-state index contributed by atoms with van der Waals surface area (Å²) in [4.78, 5) is 14.6. The smallest absolute Gasteiger partial charge is 0.512 e. The molecule has 26 heavy (non-hydrogen) atoms. The largest absolute Gasteiger partial charge is 0.707 e. The topological polar surface area (TPSA) is 79.2 Å². The van der Waals surface area contributed by atoms with Crippen molar-refractivity contribution in [1.29, 1.82) is 0 Å². The van der Waals surface area contributed by atoms with Crippen LogP contribution in [0.1, 0.15) is 15.9 Å². The summed E-state index contributed by atoms with van der Waals surface area (Å²) in [5, 5.41) is 19.6. The van der Waals surface area contributed by atoms with Gasteiger partial charge >= 0.3 is 7.32 Å². The second-order valence-corrected chi connectivity index (χ2v) is 5.99. The Kier molecular flexibility index (Phi) is 4.03. The fraction of sp³-hybridized carbons (Fsp3) is 0.105. The highest BCUT2D eigenvalue weighted by molar-refractivity contribution is 6.34. The number of amides is 1. The highest BCUT2D eigenvalue weighted by Gasteiger charge is 2.31. The molecule has 0 saturated carbocycles. The molecule has 130 valence electrons. The van der Waals surface area contributed by atoms with E-state index >= 15 is 0 Å². The predicted molar refractivity (Wildman–Crippen MR) is 98.3 cm³/mol. The van der Waals surface area contributed by atoms with Gasteiger partial charge in [-0.1, -0.05) is 24.3 Å². The van der Waals surface area contributed by atoms with Crippen LogP contribution < -0.4 is 14.3 Å². The monoisotopic (exact) mass is 349 g/mol. The van der Waals surface area contributed by atoms with Gasteiger partial charge in [-0.3, -0.25) is 4.79 Å². The second-order valence-electron chi connectivity index (χ2n) is 5.99. The number of carbonyl (C=O) groups excluding carboxylic acids is 1. The number of rotatable bonds is 5. The lowest BCUT2D eigenvalue weighted by Crippen LogP contribution is -2.26. The Bertz CT molecular complexity index is 987. The Morgan fingerprint density at radius 3 is 2.50 bits per heavy atom. The first kappa shape index (κ1) is 16.4. The molecular formula is C19H16BNO5. The molecule has 1 aliphatic rings. The maximum Gasteiger partial charge on any atom is 0.707 e. The Balaban J connectivity index is 1.75. The summed E-state index contributed by atoms with van der Waals surface area (Å²) in [6, 6.07) is 16.3. The Morgan fingerprint density at radius 2 is 1.81 bits per heavy atom. The van der Waals surface area contributed by atoms with E-state index < -0.39 is 7.32 Å². The molecule has 0 bridgehead atoms. The number of hydrogen-bond donors (Lipinski definition) is 2. The lowest BCUT2D eigenvalue weighted by Gasteiger charge is -2.18. The van der Waals surface area contributed by atoms with Gasteiger partial charge < -0.3 is 24.3 Å². The van der Waals surface area contributed by atoms with Crippen LogP contribution in [0, 0.1) is 0 Å². The van der Waals surface area contributed by atoms with Gasteiger partial charge in [-0.25, -0.2) is 0 Å². The van der Waals surface area contributed by atoms with Crippen LogP contribution in [0.25, 0.3) is 10.8 Å². The number of hydrogen-bond acceptors (Lipinski definition) is 5. The van der Waals surface area contributed by atoms with Crippen LogP contribution in [-0.2, 0) is 6.54 Å². The molecular weight excluding hydrogens is 333 g/mol. The van der Waals surface area contributed by atoms with Gasteiger partial charge in [-0.05, 0) is 35.9 Å². The van der Waals surface area contributed by atoms with E-state index in [4.69, 9.17) is 19.4 Å². The minimum atomic E-state index is -1.92. The number of anilines is 1. The molecule has 0 fully saturated rings. The van der Waals surface area contributed by atoms with E-state index in [1.807, 2.05) is 24.3 Å². The number of nitrogens with zero attached hydrogens (tertiary/aromatic N) is 1. The number of carbonyl (C=O) groups is 1. The van der Waals surface area contributed by atoms with Crippen LogP contribution in [0.15, 0.2) is 54.6 Å². The zero-order chi connectivity index (χ0) is 18.3. The third-order valence-corrected chi connectivity index (χ3v) is 4.48. The van der Waals surface area contributed by atoms with Gasteiger partial charge in [0.15, 0.2) is 0 Å². The maximum absolute atomic E-state index is 12.9. The van der Waals surface area contributed by atoms with Crippen molar-refractivity contribution in [1.82, 2.24) is 0 Å². The average molecular weight is 349 g/mol. The number of methoxy groups -OCH3 is 1. The van der Waals surface area contributed by atoms with Crippen molar-refractivity contribution >= 4 is 29.7 Å². The SMILES string of the molecule is COc1ccc(CN2C(=O)c3cccc4c(OB(O)O)ccc2c34)cc1. The van der Waals surface area contributed by atoms with E-state index in [1.54, 1.807) is 42.3 Å². The molecule has 0 unspecified atom stereocenters. The van der Waals surface area contributed by atoms with Crippen molar-refractivity contribution in [2.45, 2.75) is 6.54 Å². The fourth-order valence-electron chi connectivity index (χ4n) is 3.31. The minimum absolute atomic E-state index is 0.0943. The molecule has 0 atom stereocenters. The van der Waals surface area contributed by atoms with Gasteiger partial charge in [-0.15, -0.1) is 0 Å². The molecule has 0 radical (unpaired) electrons. The zero-order valence-electron chi connectivity index (χ0n) is 14.0. The third kappa shape index (κ3) is 2.67. The van der Waals surface area contributed by atoms with Gasteiger partial charge in [0.25, 0.3) is 5.91 Å². The number of benzene rings is 3. The highest BCUT2D eigenvalue weighted by Crippen LogP contribution is 2.42. The summed E-state index contributed by atoms with van der Waals surface area (Å²) in [7, 11) is -0.307. The Morgan fingerprint density at radius 1 is 1.04 bits per heavy atom. The van der Waals surface area contributed by atoms with E-state index in [0.29, 0.717) is 23.2 Å². The Labute approximate surface area is 150 Å². The first-order chi connectivity index (χ1) is 12.6. The van der Waals surface area contributed by atoms with Gasteiger partial charge in [0.05, 0.1) is 19.3 Å². The molecule has 3 aromatic rings. The van der Waals surface area contributed by atoms with Crippen LogP contribution in [0.2, 0.25) is 0 Å². The predicted octanol–water partition coefficient (Wildman–Crippen LogP) is 2.36. The third-order valence-electron chi connectivity index (χ3n) is 4.48. The van der Waals surface area contributed by atoms with E-state index in [2.05, 4.69) is 0 Å². The quantitative estimate of drug-likeness (QED) is 0.692. The van der Waals surface area contributed by atoms with E-state index in [-0.39, 0.29) is 5.91 Å². The highest BCUT2D eigenvalue weighted by atomic mass is 16.6. The van der Waals surface area contributed by atoms with Crippen molar-refractivity contribution in [2.24, 2.45) is 0 Å². The lowest BCUT2D eigenvalue weighted by molar-refractivity contribution is 0.0991. The molecule has 4 rings (SSSR count). The van der Waals surface area contributed by atoms with E-state index in [0.717, 1.165) is 22.4 Å². The first-order valence-corrected chi connectivity index (χ1v) is 8.12. The average Bonchev–Trinajstić information content (AvgIpc) is 2.91. The van der Waals surface area contributed by atoms with Gasteiger partial charge in [0, 0.05) is 16.3 Å². The molecule has 0 spiro atoms. The summed E-state index contributed by atoms with van der Waals surface area (Å²) in [5.41, 5.74) is 2.33. The van der Waals surface area contributed by atoms with Crippen LogP contribution >= 0.6 is 0 Å². The van der Waals surface area contributed by atoms with Crippen LogP contribution in [0.4, 0.5) is 5.69 Å².